The van der Waals surface area contributed by atoms with E-state index in [4.69, 9.17) is 14.4 Å². The van der Waals surface area contributed by atoms with Crippen LogP contribution < -0.4 is 4.90 Å². The summed E-state index contributed by atoms with van der Waals surface area (Å²) in [5.74, 6) is 1.11. The second-order valence-corrected chi connectivity index (χ2v) is 12.9. The van der Waals surface area contributed by atoms with Crippen molar-refractivity contribution in [2.24, 2.45) is 15.0 Å². The molecule has 0 amide bonds. The Balaban J connectivity index is 1.15. The largest absolute Gasteiger partial charge is 0.456 e. The van der Waals surface area contributed by atoms with Gasteiger partial charge in [-0.05, 0) is 76.3 Å². The number of rotatable bonds is 7. The van der Waals surface area contributed by atoms with Gasteiger partial charge in [-0.3, -0.25) is 4.99 Å². The van der Waals surface area contributed by atoms with Gasteiger partial charge >= 0.3 is 0 Å². The van der Waals surface area contributed by atoms with Crippen molar-refractivity contribution in [2.75, 3.05) is 4.90 Å². The second kappa shape index (κ2) is 13.9. The Kier molecular flexibility index (Phi) is 8.35. The lowest BCUT2D eigenvalue weighted by Crippen LogP contribution is -2.10. The minimum Gasteiger partial charge on any atom is -0.456 e. The number of nitrogens with zero attached hydrogens (tertiary/aromatic N) is 4. The Morgan fingerprint density at radius 1 is 0.509 bits per heavy atom. The van der Waals surface area contributed by atoms with Gasteiger partial charge in [-0.25, -0.2) is 9.98 Å². The molecular weight excluding hydrogens is 649 g/mol. The third-order valence-corrected chi connectivity index (χ3v) is 9.60. The SMILES string of the molecule is C=N/C(=N\C(=N/Cc1ccc2c(c1)oc1cccc(N(c3ccc4ccccc4c3)c3ccc4ccccc4c3)c12)c1ccccc1)c1ccccc1. The molecule has 0 bridgehead atoms. The predicted octanol–water partition coefficient (Wildman–Crippen LogP) is 12.5. The van der Waals surface area contributed by atoms with Crippen LogP contribution in [0.2, 0.25) is 0 Å². The smallest absolute Gasteiger partial charge is 0.161 e. The quantitative estimate of drug-likeness (QED) is 0.124. The zero-order valence-corrected chi connectivity index (χ0v) is 28.9. The van der Waals surface area contributed by atoms with Gasteiger partial charge in [0, 0.05) is 27.9 Å². The molecule has 53 heavy (non-hydrogen) atoms. The predicted molar refractivity (Wildman–Crippen MR) is 223 cm³/mol. The Bertz CT molecular complexity index is 2760. The fourth-order valence-corrected chi connectivity index (χ4v) is 7.02. The first-order valence-corrected chi connectivity index (χ1v) is 17.6. The number of hydrogen-bond donors (Lipinski definition) is 0. The van der Waals surface area contributed by atoms with E-state index in [9.17, 15) is 0 Å². The number of hydrogen-bond acceptors (Lipinski definition) is 3. The highest BCUT2D eigenvalue weighted by Gasteiger charge is 2.20. The lowest BCUT2D eigenvalue weighted by molar-refractivity contribution is 0.668. The molecule has 0 aliphatic rings. The van der Waals surface area contributed by atoms with Crippen molar-refractivity contribution in [2.45, 2.75) is 6.54 Å². The maximum absolute atomic E-state index is 6.60. The van der Waals surface area contributed by atoms with Crippen molar-refractivity contribution in [1.82, 2.24) is 0 Å². The summed E-state index contributed by atoms with van der Waals surface area (Å²) >= 11 is 0. The average Bonchev–Trinajstić information content (AvgIpc) is 3.60. The molecule has 0 saturated heterocycles. The summed E-state index contributed by atoms with van der Waals surface area (Å²) in [6.45, 7) is 4.20. The minimum absolute atomic E-state index is 0.410. The molecule has 0 atom stereocenters. The summed E-state index contributed by atoms with van der Waals surface area (Å²) in [5.41, 5.74) is 7.62. The van der Waals surface area contributed by atoms with Gasteiger partial charge in [-0.1, -0.05) is 140 Å². The van der Waals surface area contributed by atoms with E-state index in [2.05, 4.69) is 132 Å². The molecule has 1 heterocycles. The Labute approximate surface area is 307 Å². The van der Waals surface area contributed by atoms with E-state index >= 15 is 0 Å². The highest BCUT2D eigenvalue weighted by molar-refractivity contribution is 6.14. The first kappa shape index (κ1) is 31.8. The van der Waals surface area contributed by atoms with Gasteiger partial charge in [-0.2, -0.15) is 0 Å². The zero-order chi connectivity index (χ0) is 35.6. The molecule has 9 aromatic rings. The molecule has 0 unspecified atom stereocenters. The van der Waals surface area contributed by atoms with E-state index in [0.717, 1.165) is 55.7 Å². The number of benzene rings is 8. The van der Waals surface area contributed by atoms with Crippen LogP contribution in [0.4, 0.5) is 17.1 Å². The van der Waals surface area contributed by atoms with Crippen LogP contribution in [-0.2, 0) is 6.54 Å². The van der Waals surface area contributed by atoms with Crippen LogP contribution in [0.15, 0.2) is 201 Å². The first-order valence-electron chi connectivity index (χ1n) is 17.6. The normalized spacial score (nSPS) is 12.2. The molecule has 0 fully saturated rings. The Morgan fingerprint density at radius 2 is 1.09 bits per heavy atom. The Hall–Kier alpha value is -7.11. The molecule has 0 radical (unpaired) electrons. The molecular formula is C48H34N4O. The van der Waals surface area contributed by atoms with Crippen LogP contribution in [0.25, 0.3) is 43.5 Å². The molecule has 0 N–H and O–H groups in total. The third kappa shape index (κ3) is 6.26. The average molecular weight is 683 g/mol. The molecule has 5 heteroatoms. The third-order valence-electron chi connectivity index (χ3n) is 9.60. The van der Waals surface area contributed by atoms with Crippen LogP contribution in [0.5, 0.6) is 0 Å². The van der Waals surface area contributed by atoms with E-state index in [-0.39, 0.29) is 0 Å². The van der Waals surface area contributed by atoms with Gasteiger partial charge in [0.15, 0.2) is 11.7 Å². The summed E-state index contributed by atoms with van der Waals surface area (Å²) in [4.78, 5) is 16.5. The van der Waals surface area contributed by atoms with Crippen LogP contribution in [-0.4, -0.2) is 18.4 Å². The molecule has 9 rings (SSSR count). The van der Waals surface area contributed by atoms with Crippen molar-refractivity contribution in [1.29, 1.82) is 0 Å². The van der Waals surface area contributed by atoms with Crippen LogP contribution in [0.1, 0.15) is 16.7 Å². The first-order chi connectivity index (χ1) is 26.2. The summed E-state index contributed by atoms with van der Waals surface area (Å²) < 4.78 is 6.60. The van der Waals surface area contributed by atoms with Gasteiger partial charge < -0.3 is 9.32 Å². The molecule has 0 spiro atoms. The fourth-order valence-electron chi connectivity index (χ4n) is 7.02. The molecule has 0 aliphatic heterocycles. The van der Waals surface area contributed by atoms with E-state index < -0.39 is 0 Å². The van der Waals surface area contributed by atoms with Gasteiger partial charge in [0.2, 0.25) is 0 Å². The maximum Gasteiger partial charge on any atom is 0.161 e. The number of furan rings is 1. The van der Waals surface area contributed by atoms with Gasteiger partial charge in [-0.15, -0.1) is 0 Å². The van der Waals surface area contributed by atoms with E-state index in [1.807, 2.05) is 66.7 Å². The number of amidine groups is 2. The lowest BCUT2D eigenvalue weighted by Gasteiger charge is -2.27. The van der Waals surface area contributed by atoms with Gasteiger partial charge in [0.05, 0.1) is 17.6 Å². The van der Waals surface area contributed by atoms with Crippen molar-refractivity contribution < 1.29 is 4.42 Å². The molecule has 0 saturated carbocycles. The van der Waals surface area contributed by atoms with E-state index in [1.165, 1.54) is 21.5 Å². The number of fused-ring (bicyclic) bond motifs is 5. The molecule has 1 aromatic heterocycles. The van der Waals surface area contributed by atoms with Crippen molar-refractivity contribution in [3.05, 3.63) is 199 Å². The minimum atomic E-state index is 0.410. The highest BCUT2D eigenvalue weighted by Crippen LogP contribution is 2.44. The van der Waals surface area contributed by atoms with Crippen molar-refractivity contribution >= 4 is 78.9 Å². The standard InChI is InChI=1S/C48H34N4O/c1-49-47(36-15-4-2-5-16-36)51-48(37-17-6-3-7-18-37)50-32-33-23-28-42-45(29-33)53-44-22-12-21-43(46(42)44)52(40-26-24-34-13-8-10-19-38(34)30-40)41-27-25-35-14-9-11-20-39(35)31-41/h2-31H,1,32H2/b50-48-,51-47-. The van der Waals surface area contributed by atoms with Crippen LogP contribution >= 0.6 is 0 Å². The highest BCUT2D eigenvalue weighted by atomic mass is 16.3. The van der Waals surface area contributed by atoms with Gasteiger partial charge in [0.1, 0.15) is 11.2 Å². The Morgan fingerprint density at radius 3 is 1.72 bits per heavy atom. The second-order valence-electron chi connectivity index (χ2n) is 12.9. The summed E-state index contributed by atoms with van der Waals surface area (Å²) in [5, 5.41) is 6.87. The molecule has 5 nitrogen and oxygen atoms in total. The molecule has 0 aliphatic carbocycles. The van der Waals surface area contributed by atoms with Crippen LogP contribution in [0.3, 0.4) is 0 Å². The number of aliphatic imine (C=N–C) groups is 3. The lowest BCUT2D eigenvalue weighted by atomic mass is 10.0. The van der Waals surface area contributed by atoms with Crippen molar-refractivity contribution in [3.63, 3.8) is 0 Å². The van der Waals surface area contributed by atoms with E-state index in [1.54, 1.807) is 0 Å². The van der Waals surface area contributed by atoms with E-state index in [0.29, 0.717) is 18.2 Å². The summed E-state index contributed by atoms with van der Waals surface area (Å²) in [7, 11) is 0. The van der Waals surface area contributed by atoms with Crippen molar-refractivity contribution in [3.8, 4) is 0 Å². The van der Waals surface area contributed by atoms with Gasteiger partial charge in [0.25, 0.3) is 0 Å². The monoisotopic (exact) mass is 682 g/mol. The topological polar surface area (TPSA) is 53.5 Å². The number of anilines is 3. The molecule has 252 valence electrons. The summed E-state index contributed by atoms with van der Waals surface area (Å²) in [6, 6.07) is 62.8. The zero-order valence-electron chi connectivity index (χ0n) is 28.9. The summed E-state index contributed by atoms with van der Waals surface area (Å²) in [6.07, 6.45) is 0. The fraction of sp³-hybridized carbons (Fsp3) is 0.0208. The maximum atomic E-state index is 6.60. The van der Waals surface area contributed by atoms with Crippen LogP contribution in [0, 0.1) is 0 Å². The molecule has 8 aromatic carbocycles.